The van der Waals surface area contributed by atoms with E-state index in [4.69, 9.17) is 4.74 Å². The molecule has 1 fully saturated rings. The van der Waals surface area contributed by atoms with Crippen molar-refractivity contribution in [2.75, 3.05) is 25.6 Å². The van der Waals surface area contributed by atoms with Crippen LogP contribution in [-0.4, -0.2) is 57.7 Å². The van der Waals surface area contributed by atoms with Crippen molar-refractivity contribution in [2.45, 2.75) is 24.9 Å². The fraction of sp³-hybridized carbons (Fsp3) is 0.583. The van der Waals surface area contributed by atoms with Gasteiger partial charge in [0.2, 0.25) is 5.52 Å². The molecule has 9 heteroatoms. The molecule has 1 aliphatic heterocycles. The Kier molecular flexibility index (Phi) is 3.40. The Bertz CT molecular complexity index is 709. The van der Waals surface area contributed by atoms with E-state index in [1.807, 2.05) is 0 Å². The van der Waals surface area contributed by atoms with Gasteiger partial charge in [-0.1, -0.05) is 4.98 Å². The molecule has 3 atom stereocenters. The maximum Gasteiger partial charge on any atom is 0.309 e. The van der Waals surface area contributed by atoms with Gasteiger partial charge in [0, 0.05) is 20.5 Å². The second-order valence-corrected chi connectivity index (χ2v) is 5.25. The lowest BCUT2D eigenvalue weighted by molar-refractivity contribution is -0.347. The molecule has 3 heterocycles. The molecule has 2 aromatic rings. The standard InChI is InChI=1S/C12H17N5O4/c1-16(2)12-15-10-9(13-5-14-10)11(20)17(12)8-3-6(19)7(4-18)21-8/h5-8,18-19H,3-4H2,1-2H3,(H,13,14)/p+1/t6-,7+,8?/m0/s1. The zero-order chi connectivity index (χ0) is 15.1. The number of imidazole rings is 1. The largest absolute Gasteiger partial charge is 0.394 e. The van der Waals surface area contributed by atoms with Crippen LogP contribution in [0, 0.1) is 0 Å². The zero-order valence-corrected chi connectivity index (χ0v) is 11.8. The number of rotatable bonds is 3. The third kappa shape index (κ3) is 2.19. The van der Waals surface area contributed by atoms with Crippen LogP contribution in [0.4, 0.5) is 5.95 Å². The van der Waals surface area contributed by atoms with E-state index in [0.717, 1.165) is 0 Å². The van der Waals surface area contributed by atoms with E-state index in [1.165, 1.54) is 10.9 Å². The van der Waals surface area contributed by atoms with Crippen molar-refractivity contribution in [2.24, 2.45) is 0 Å². The summed E-state index contributed by atoms with van der Waals surface area (Å²) in [6.45, 7) is -0.296. The molecule has 0 bridgehead atoms. The fourth-order valence-electron chi connectivity index (χ4n) is 2.55. The molecule has 0 amide bonds. The maximum atomic E-state index is 12.6. The molecule has 0 spiro atoms. The summed E-state index contributed by atoms with van der Waals surface area (Å²) >= 11 is 0. The van der Waals surface area contributed by atoms with Crippen LogP contribution in [0.15, 0.2) is 11.1 Å². The van der Waals surface area contributed by atoms with Gasteiger partial charge in [-0.05, 0) is 0 Å². The van der Waals surface area contributed by atoms with Crippen molar-refractivity contribution >= 4 is 17.1 Å². The number of aromatic amines is 2. The molecular formula is C12H18N5O4+. The zero-order valence-electron chi connectivity index (χ0n) is 11.8. The first-order chi connectivity index (χ1) is 10.0. The predicted molar refractivity (Wildman–Crippen MR) is 72.9 cm³/mol. The molecule has 9 nitrogen and oxygen atoms in total. The number of fused-ring (bicyclic) bond motifs is 1. The number of nitrogens with zero attached hydrogens (tertiary/aromatic N) is 3. The fourth-order valence-corrected chi connectivity index (χ4v) is 2.55. The van der Waals surface area contributed by atoms with Crippen LogP contribution in [0.25, 0.3) is 11.2 Å². The Labute approximate surface area is 119 Å². The quantitative estimate of drug-likeness (QED) is 0.618. The van der Waals surface area contributed by atoms with E-state index in [0.29, 0.717) is 17.1 Å². The number of aromatic nitrogens is 4. The first kappa shape index (κ1) is 14.0. The van der Waals surface area contributed by atoms with Crippen LogP contribution in [0.1, 0.15) is 12.6 Å². The highest BCUT2D eigenvalue weighted by atomic mass is 16.5. The predicted octanol–water partition coefficient (Wildman–Crippen LogP) is -1.75. The van der Waals surface area contributed by atoms with E-state index < -0.39 is 18.4 Å². The van der Waals surface area contributed by atoms with Gasteiger partial charge in [0.1, 0.15) is 12.3 Å². The maximum absolute atomic E-state index is 12.6. The lowest BCUT2D eigenvalue weighted by Gasteiger charge is -2.19. The Morgan fingerprint density at radius 2 is 2.38 bits per heavy atom. The smallest absolute Gasteiger partial charge is 0.309 e. The first-order valence-corrected chi connectivity index (χ1v) is 6.66. The Morgan fingerprint density at radius 1 is 1.62 bits per heavy atom. The number of nitrogens with one attached hydrogen (secondary N) is 2. The van der Waals surface area contributed by atoms with Crippen molar-refractivity contribution < 1.29 is 19.9 Å². The van der Waals surface area contributed by atoms with E-state index >= 15 is 0 Å². The van der Waals surface area contributed by atoms with Crippen LogP contribution in [0.3, 0.4) is 0 Å². The van der Waals surface area contributed by atoms with Crippen LogP contribution in [-0.2, 0) is 4.74 Å². The van der Waals surface area contributed by atoms with Gasteiger partial charge < -0.3 is 19.8 Å². The Morgan fingerprint density at radius 3 is 3.00 bits per heavy atom. The number of anilines is 1. The van der Waals surface area contributed by atoms with E-state index in [1.54, 1.807) is 19.0 Å². The van der Waals surface area contributed by atoms with E-state index in [2.05, 4.69) is 15.0 Å². The summed E-state index contributed by atoms with van der Waals surface area (Å²) in [6, 6.07) is 0. The van der Waals surface area contributed by atoms with Gasteiger partial charge in [0.15, 0.2) is 6.33 Å². The minimum absolute atomic E-state index is 0.226. The number of hydrogen-bond acceptors (Lipinski definition) is 6. The third-order valence-corrected chi connectivity index (χ3v) is 3.59. The summed E-state index contributed by atoms with van der Waals surface area (Å²) in [6.07, 6.45) is -0.411. The first-order valence-electron chi connectivity index (χ1n) is 6.66. The third-order valence-electron chi connectivity index (χ3n) is 3.59. The number of aliphatic hydroxyl groups is 2. The second kappa shape index (κ2) is 5.10. The summed E-state index contributed by atoms with van der Waals surface area (Å²) in [5.74, 6) is 0.416. The summed E-state index contributed by atoms with van der Waals surface area (Å²) in [4.78, 5) is 24.4. The molecule has 1 unspecified atom stereocenters. The highest BCUT2D eigenvalue weighted by Gasteiger charge is 2.37. The van der Waals surface area contributed by atoms with Crippen LogP contribution >= 0.6 is 0 Å². The molecule has 2 aromatic heterocycles. The van der Waals surface area contributed by atoms with Crippen molar-refractivity contribution in [3.63, 3.8) is 0 Å². The van der Waals surface area contributed by atoms with Gasteiger partial charge >= 0.3 is 11.2 Å². The topological polar surface area (TPSA) is 118 Å². The average Bonchev–Trinajstić information content (AvgIpc) is 3.04. The van der Waals surface area contributed by atoms with Crippen LogP contribution in [0.5, 0.6) is 0 Å². The normalized spacial score (nSPS) is 25.6. The molecule has 0 saturated carbocycles. The van der Waals surface area contributed by atoms with E-state index in [-0.39, 0.29) is 18.6 Å². The summed E-state index contributed by atoms with van der Waals surface area (Å²) in [5, 5.41) is 19.0. The molecular weight excluding hydrogens is 278 g/mol. The minimum Gasteiger partial charge on any atom is -0.394 e. The number of aliphatic hydroxyl groups excluding tert-OH is 2. The molecule has 1 saturated heterocycles. The van der Waals surface area contributed by atoms with Crippen molar-refractivity contribution in [3.05, 3.63) is 16.7 Å². The highest BCUT2D eigenvalue weighted by molar-refractivity contribution is 5.66. The van der Waals surface area contributed by atoms with Gasteiger partial charge in [0.25, 0.3) is 5.95 Å². The summed E-state index contributed by atoms with van der Waals surface area (Å²) < 4.78 is 6.97. The molecule has 4 N–H and O–H groups in total. The van der Waals surface area contributed by atoms with Crippen molar-refractivity contribution in [1.29, 1.82) is 0 Å². The van der Waals surface area contributed by atoms with Crippen molar-refractivity contribution in [3.8, 4) is 0 Å². The second-order valence-electron chi connectivity index (χ2n) is 5.25. The minimum atomic E-state index is -0.812. The lowest BCUT2D eigenvalue weighted by atomic mass is 10.2. The van der Waals surface area contributed by atoms with Gasteiger partial charge in [-0.2, -0.15) is 0 Å². The Hall–Kier alpha value is -1.97. The summed E-state index contributed by atoms with van der Waals surface area (Å²) in [7, 11) is 3.54. The van der Waals surface area contributed by atoms with Gasteiger partial charge in [0.05, 0.1) is 12.7 Å². The Balaban J connectivity index is 2.14. The highest BCUT2D eigenvalue weighted by Crippen LogP contribution is 2.30. The van der Waals surface area contributed by atoms with Crippen LogP contribution < -0.4 is 15.4 Å². The average molecular weight is 296 g/mol. The number of hydrogen-bond donors (Lipinski definition) is 3. The molecule has 0 aromatic carbocycles. The molecule has 3 rings (SSSR count). The van der Waals surface area contributed by atoms with Crippen molar-refractivity contribution in [1.82, 2.24) is 14.5 Å². The monoisotopic (exact) mass is 296 g/mol. The summed E-state index contributed by atoms with van der Waals surface area (Å²) in [5.41, 5.74) is 0.504. The van der Waals surface area contributed by atoms with Gasteiger partial charge in [-0.25, -0.2) is 9.55 Å². The molecule has 0 radical (unpaired) electrons. The molecule has 114 valence electrons. The van der Waals surface area contributed by atoms with E-state index in [9.17, 15) is 15.0 Å². The van der Waals surface area contributed by atoms with Crippen LogP contribution in [0.2, 0.25) is 0 Å². The SMILES string of the molecule is CN(C)c1nc2[nH+]c[nH]c2c(=O)n1C1C[C@H](O)[C@@H](CO)O1. The van der Waals surface area contributed by atoms with Gasteiger partial charge in [-0.15, -0.1) is 0 Å². The number of ether oxygens (including phenoxy) is 1. The molecule has 21 heavy (non-hydrogen) atoms. The molecule has 0 aliphatic carbocycles. The molecule has 1 aliphatic rings. The number of H-pyrrole nitrogens is 2. The van der Waals surface area contributed by atoms with Gasteiger partial charge in [-0.3, -0.25) is 9.78 Å². The lowest BCUT2D eigenvalue weighted by Crippen LogP contribution is -2.32.